The van der Waals surface area contributed by atoms with Crippen LogP contribution in [0.3, 0.4) is 0 Å². The third-order valence-corrected chi connectivity index (χ3v) is 7.91. The van der Waals surface area contributed by atoms with Gasteiger partial charge in [0.25, 0.3) is 0 Å². The first kappa shape index (κ1) is 28.9. The van der Waals surface area contributed by atoms with Crippen molar-refractivity contribution in [1.82, 2.24) is 15.0 Å². The van der Waals surface area contributed by atoms with E-state index in [9.17, 15) is 9.90 Å². The number of nitrogens with one attached hydrogen (secondary N) is 1. The molecule has 42 heavy (non-hydrogen) atoms. The SMILES string of the molecule is COc1cccc(OC)c1-c1ccc(C[C@H](Nc2nc(N(C)C3CCCCC3)ncc2-c2cccnc2)C(=O)O)cc1. The third kappa shape index (κ3) is 6.46. The van der Waals surface area contributed by atoms with Crippen LogP contribution in [0.1, 0.15) is 37.7 Å². The fourth-order valence-corrected chi connectivity index (χ4v) is 5.56. The number of carbonyl (C=O) groups is 1. The zero-order valence-electron chi connectivity index (χ0n) is 24.3. The number of ether oxygens (including phenoxy) is 2. The number of benzene rings is 2. The van der Waals surface area contributed by atoms with Crippen LogP contribution < -0.4 is 19.7 Å². The average Bonchev–Trinajstić information content (AvgIpc) is 3.04. The van der Waals surface area contributed by atoms with Crippen molar-refractivity contribution in [3.05, 3.63) is 78.8 Å². The summed E-state index contributed by atoms with van der Waals surface area (Å²) in [5.74, 6) is 1.49. The topological polar surface area (TPSA) is 110 Å². The van der Waals surface area contributed by atoms with Gasteiger partial charge >= 0.3 is 5.97 Å². The van der Waals surface area contributed by atoms with Crippen molar-refractivity contribution in [2.24, 2.45) is 0 Å². The Kier molecular flexibility index (Phi) is 9.16. The summed E-state index contributed by atoms with van der Waals surface area (Å²) in [4.78, 5) is 28.4. The minimum atomic E-state index is -0.969. The number of aliphatic carboxylic acids is 1. The molecule has 1 fully saturated rings. The Balaban J connectivity index is 1.42. The highest BCUT2D eigenvalue weighted by Crippen LogP contribution is 2.38. The van der Waals surface area contributed by atoms with E-state index in [0.717, 1.165) is 35.1 Å². The lowest BCUT2D eigenvalue weighted by atomic mass is 9.95. The van der Waals surface area contributed by atoms with Gasteiger partial charge in [0.2, 0.25) is 5.95 Å². The lowest BCUT2D eigenvalue weighted by Crippen LogP contribution is -2.35. The van der Waals surface area contributed by atoms with Crippen molar-refractivity contribution in [2.75, 3.05) is 31.5 Å². The Morgan fingerprint density at radius 2 is 1.69 bits per heavy atom. The Bertz CT molecular complexity index is 1470. The molecule has 0 amide bonds. The summed E-state index contributed by atoms with van der Waals surface area (Å²) in [6.07, 6.45) is 11.3. The van der Waals surface area contributed by atoms with Crippen molar-refractivity contribution >= 4 is 17.7 Å². The smallest absolute Gasteiger partial charge is 0.326 e. The number of hydrogen-bond donors (Lipinski definition) is 2. The quantitative estimate of drug-likeness (QED) is 0.222. The number of anilines is 2. The molecule has 1 atom stereocenters. The molecule has 1 saturated carbocycles. The second kappa shape index (κ2) is 13.3. The Morgan fingerprint density at radius 3 is 2.31 bits per heavy atom. The third-order valence-electron chi connectivity index (χ3n) is 7.91. The van der Waals surface area contributed by atoms with Gasteiger partial charge in [-0.25, -0.2) is 9.78 Å². The van der Waals surface area contributed by atoms with Gasteiger partial charge in [-0.05, 0) is 42.2 Å². The second-order valence-corrected chi connectivity index (χ2v) is 10.6. The summed E-state index contributed by atoms with van der Waals surface area (Å²) < 4.78 is 11.1. The summed E-state index contributed by atoms with van der Waals surface area (Å²) >= 11 is 0. The van der Waals surface area contributed by atoms with Gasteiger partial charge in [-0.2, -0.15) is 4.98 Å². The van der Waals surface area contributed by atoms with E-state index in [2.05, 4.69) is 20.2 Å². The Hall–Kier alpha value is -4.66. The summed E-state index contributed by atoms with van der Waals surface area (Å²) in [5, 5.41) is 13.5. The molecule has 0 spiro atoms. The zero-order chi connectivity index (χ0) is 29.5. The molecule has 1 aliphatic rings. The number of methoxy groups -OCH3 is 2. The van der Waals surface area contributed by atoms with Gasteiger partial charge in [0, 0.05) is 49.2 Å². The molecule has 2 heterocycles. The molecule has 4 aromatic rings. The predicted molar refractivity (Wildman–Crippen MR) is 164 cm³/mol. The van der Waals surface area contributed by atoms with Crippen molar-refractivity contribution in [3.63, 3.8) is 0 Å². The van der Waals surface area contributed by atoms with Crippen molar-refractivity contribution in [1.29, 1.82) is 0 Å². The van der Waals surface area contributed by atoms with E-state index in [1.807, 2.05) is 61.6 Å². The van der Waals surface area contributed by atoms with Crippen LogP contribution in [-0.2, 0) is 11.2 Å². The largest absolute Gasteiger partial charge is 0.496 e. The van der Waals surface area contributed by atoms with Crippen LogP contribution in [0.15, 0.2) is 73.2 Å². The molecule has 5 rings (SSSR count). The predicted octanol–water partition coefficient (Wildman–Crippen LogP) is 6.10. The van der Waals surface area contributed by atoms with Crippen LogP contribution in [0.2, 0.25) is 0 Å². The number of nitrogens with zero attached hydrogens (tertiary/aromatic N) is 4. The van der Waals surface area contributed by atoms with E-state index in [1.165, 1.54) is 19.3 Å². The molecule has 9 nitrogen and oxygen atoms in total. The first-order chi connectivity index (χ1) is 20.5. The maximum atomic E-state index is 12.5. The van der Waals surface area contributed by atoms with Crippen molar-refractivity contribution in [2.45, 2.75) is 50.6 Å². The van der Waals surface area contributed by atoms with Gasteiger partial charge in [-0.3, -0.25) is 4.98 Å². The van der Waals surface area contributed by atoms with Gasteiger partial charge in [0.05, 0.1) is 19.8 Å². The number of hydrogen-bond acceptors (Lipinski definition) is 8. The molecule has 0 radical (unpaired) electrons. The van der Waals surface area contributed by atoms with E-state index in [0.29, 0.717) is 34.9 Å². The standard InChI is InChI=1S/C33H37N5O4/c1-38(25-10-5-4-6-11-25)33-35-21-26(24-9-8-18-34-20-24)31(37-33)36-27(32(39)40)19-22-14-16-23(17-15-22)30-28(41-2)12-7-13-29(30)42-3/h7-9,12-18,20-21,25,27H,4-6,10-11,19H2,1-3H3,(H,39,40)(H,35,36,37)/t27-/m0/s1. The molecule has 9 heteroatoms. The maximum Gasteiger partial charge on any atom is 0.326 e. The van der Waals surface area contributed by atoms with E-state index >= 15 is 0 Å². The zero-order valence-corrected chi connectivity index (χ0v) is 24.3. The van der Waals surface area contributed by atoms with Crippen LogP contribution in [0.5, 0.6) is 11.5 Å². The molecule has 0 bridgehead atoms. The van der Waals surface area contributed by atoms with Crippen molar-refractivity contribution in [3.8, 4) is 33.8 Å². The first-order valence-electron chi connectivity index (χ1n) is 14.3. The van der Waals surface area contributed by atoms with Crippen molar-refractivity contribution < 1.29 is 19.4 Å². The molecule has 2 N–H and O–H groups in total. The molecular formula is C33H37N5O4. The summed E-state index contributed by atoms with van der Waals surface area (Å²) in [7, 11) is 5.27. The fourth-order valence-electron chi connectivity index (χ4n) is 5.56. The van der Waals surface area contributed by atoms with Gasteiger partial charge < -0.3 is 24.8 Å². The lowest BCUT2D eigenvalue weighted by Gasteiger charge is -2.31. The highest BCUT2D eigenvalue weighted by molar-refractivity contribution is 5.82. The lowest BCUT2D eigenvalue weighted by molar-refractivity contribution is -0.137. The van der Waals surface area contributed by atoms with Gasteiger partial charge in [-0.1, -0.05) is 55.7 Å². The highest BCUT2D eigenvalue weighted by Gasteiger charge is 2.24. The van der Waals surface area contributed by atoms with Crippen LogP contribution in [0.25, 0.3) is 22.3 Å². The molecule has 0 saturated heterocycles. The Labute approximate surface area is 246 Å². The number of carboxylic acid groups (broad SMARTS) is 1. The summed E-state index contributed by atoms with van der Waals surface area (Å²) in [5.41, 5.74) is 4.14. The normalized spacial score (nSPS) is 14.2. The van der Waals surface area contributed by atoms with E-state index in [1.54, 1.807) is 32.8 Å². The van der Waals surface area contributed by atoms with Gasteiger partial charge in [0.15, 0.2) is 0 Å². The molecule has 1 aliphatic carbocycles. The van der Waals surface area contributed by atoms with Crippen LogP contribution in [-0.4, -0.2) is 59.4 Å². The van der Waals surface area contributed by atoms with Crippen LogP contribution in [0, 0.1) is 0 Å². The first-order valence-corrected chi connectivity index (χ1v) is 14.3. The minimum Gasteiger partial charge on any atom is -0.496 e. The van der Waals surface area contributed by atoms with E-state index in [-0.39, 0.29) is 6.42 Å². The van der Waals surface area contributed by atoms with E-state index in [4.69, 9.17) is 14.5 Å². The number of aromatic nitrogens is 3. The molecule has 0 unspecified atom stereocenters. The second-order valence-electron chi connectivity index (χ2n) is 10.6. The highest BCUT2D eigenvalue weighted by atomic mass is 16.5. The average molecular weight is 568 g/mol. The molecule has 2 aromatic carbocycles. The number of carboxylic acids is 1. The number of rotatable bonds is 11. The van der Waals surface area contributed by atoms with Crippen LogP contribution in [0.4, 0.5) is 11.8 Å². The maximum absolute atomic E-state index is 12.5. The van der Waals surface area contributed by atoms with Gasteiger partial charge in [0.1, 0.15) is 23.4 Å². The monoisotopic (exact) mass is 567 g/mol. The summed E-state index contributed by atoms with van der Waals surface area (Å²) in [6.45, 7) is 0. The fraction of sp³-hybridized carbons (Fsp3) is 0.333. The summed E-state index contributed by atoms with van der Waals surface area (Å²) in [6, 6.07) is 16.6. The molecule has 2 aromatic heterocycles. The number of pyridine rings is 1. The van der Waals surface area contributed by atoms with E-state index < -0.39 is 12.0 Å². The minimum absolute atomic E-state index is 0.253. The molecule has 218 valence electrons. The van der Waals surface area contributed by atoms with Crippen LogP contribution >= 0.6 is 0 Å². The molecule has 0 aliphatic heterocycles. The Morgan fingerprint density at radius 1 is 0.976 bits per heavy atom. The molecular weight excluding hydrogens is 530 g/mol. The van der Waals surface area contributed by atoms with Gasteiger partial charge in [-0.15, -0.1) is 0 Å².